The van der Waals surface area contributed by atoms with Gasteiger partial charge < -0.3 is 14.6 Å². The molecule has 2 atom stereocenters. The molecule has 0 radical (unpaired) electrons. The maximum Gasteiger partial charge on any atom is 0.303 e. The lowest BCUT2D eigenvalue weighted by atomic mass is 9.72. The van der Waals surface area contributed by atoms with Crippen molar-refractivity contribution in [3.63, 3.8) is 0 Å². The van der Waals surface area contributed by atoms with Crippen LogP contribution in [-0.4, -0.2) is 36.7 Å². The Bertz CT molecular complexity index is 1370. The number of rotatable bonds is 10. The van der Waals surface area contributed by atoms with Crippen molar-refractivity contribution >= 4 is 5.97 Å². The van der Waals surface area contributed by atoms with E-state index in [4.69, 9.17) is 9.47 Å². The van der Waals surface area contributed by atoms with E-state index in [0.29, 0.717) is 23.8 Å². The minimum absolute atomic E-state index is 0.00681. The summed E-state index contributed by atoms with van der Waals surface area (Å²) in [6.07, 6.45) is 4.53. The van der Waals surface area contributed by atoms with E-state index in [-0.39, 0.29) is 29.6 Å². The minimum atomic E-state index is -0.765. The first-order chi connectivity index (χ1) is 19.2. The number of aliphatic carboxylic acids is 1. The summed E-state index contributed by atoms with van der Waals surface area (Å²) >= 11 is 0. The molecule has 1 saturated carbocycles. The fourth-order valence-electron chi connectivity index (χ4n) is 6.56. The molecule has 2 fully saturated rings. The molecule has 1 N–H and O–H groups in total. The Morgan fingerprint density at radius 3 is 2.58 bits per heavy atom. The largest absolute Gasteiger partial charge is 0.497 e. The normalized spacial score (nSPS) is 19.7. The van der Waals surface area contributed by atoms with Gasteiger partial charge in [-0.1, -0.05) is 44.2 Å². The molecule has 0 amide bonds. The van der Waals surface area contributed by atoms with Gasteiger partial charge in [-0.25, -0.2) is 4.39 Å². The standard InChI is InChI=1S/C34H40FNO4/c1-34(2)15-6-16-36(3)33(34)30-17-22(9-13-27(30)29-19-25(39-4)12-14-31(29)35)21-40-26-8-5-7-24(18-26)28(20-32(37)38)23-10-11-23/h5,7-9,12-14,17-19,23,28,33H,6,10-11,15-16,20-21H2,1-4H3,(H,37,38). The molecule has 3 aromatic rings. The van der Waals surface area contributed by atoms with Crippen LogP contribution < -0.4 is 9.47 Å². The fourth-order valence-corrected chi connectivity index (χ4v) is 6.56. The highest BCUT2D eigenvalue weighted by atomic mass is 19.1. The number of hydrogen-bond donors (Lipinski definition) is 1. The minimum Gasteiger partial charge on any atom is -0.497 e. The molecule has 2 unspecified atom stereocenters. The lowest BCUT2D eigenvalue weighted by molar-refractivity contribution is -0.137. The van der Waals surface area contributed by atoms with Crippen molar-refractivity contribution in [1.29, 1.82) is 0 Å². The SMILES string of the molecule is COc1ccc(F)c(-c2ccc(COc3cccc(C(CC(=O)O)C4CC4)c3)cc2C2N(C)CCCC2(C)C)c1. The van der Waals surface area contributed by atoms with E-state index in [1.54, 1.807) is 19.2 Å². The van der Waals surface area contributed by atoms with Gasteiger partial charge in [0, 0.05) is 11.6 Å². The number of carbonyl (C=O) groups is 1. The Labute approximate surface area is 236 Å². The van der Waals surface area contributed by atoms with Gasteiger partial charge in [0.15, 0.2) is 0 Å². The Morgan fingerprint density at radius 1 is 1.07 bits per heavy atom. The first-order valence-electron chi connectivity index (χ1n) is 14.3. The number of carboxylic acid groups (broad SMARTS) is 1. The number of carboxylic acids is 1. The Hall–Kier alpha value is -3.38. The number of halogens is 1. The smallest absolute Gasteiger partial charge is 0.303 e. The van der Waals surface area contributed by atoms with Crippen LogP contribution in [0.2, 0.25) is 0 Å². The molecule has 5 nitrogen and oxygen atoms in total. The Morgan fingerprint density at radius 2 is 1.88 bits per heavy atom. The van der Waals surface area contributed by atoms with Gasteiger partial charge in [0.25, 0.3) is 0 Å². The van der Waals surface area contributed by atoms with Crippen LogP contribution in [0.4, 0.5) is 4.39 Å². The zero-order valence-corrected chi connectivity index (χ0v) is 24.0. The molecule has 1 aliphatic carbocycles. The van der Waals surface area contributed by atoms with Crippen molar-refractivity contribution < 1.29 is 23.8 Å². The van der Waals surface area contributed by atoms with Crippen LogP contribution in [0.1, 0.15) is 74.6 Å². The van der Waals surface area contributed by atoms with E-state index < -0.39 is 5.97 Å². The number of benzene rings is 3. The molecule has 0 spiro atoms. The second-order valence-electron chi connectivity index (χ2n) is 12.1. The molecular formula is C34H40FNO4. The molecule has 212 valence electrons. The summed E-state index contributed by atoms with van der Waals surface area (Å²) in [4.78, 5) is 13.8. The molecule has 2 aliphatic rings. The van der Waals surface area contributed by atoms with Gasteiger partial charge in [-0.3, -0.25) is 9.69 Å². The second kappa shape index (κ2) is 11.6. The van der Waals surface area contributed by atoms with Gasteiger partial charge >= 0.3 is 5.97 Å². The third-order valence-corrected chi connectivity index (χ3v) is 8.66. The first-order valence-corrected chi connectivity index (χ1v) is 14.3. The second-order valence-corrected chi connectivity index (χ2v) is 12.1. The zero-order valence-electron chi connectivity index (χ0n) is 24.0. The lowest BCUT2D eigenvalue weighted by Gasteiger charge is -2.46. The van der Waals surface area contributed by atoms with Gasteiger partial charge in [0.1, 0.15) is 23.9 Å². The summed E-state index contributed by atoms with van der Waals surface area (Å²) < 4.78 is 26.9. The monoisotopic (exact) mass is 545 g/mol. The molecule has 1 heterocycles. The number of likely N-dealkylation sites (tertiary alicyclic amines) is 1. The zero-order chi connectivity index (χ0) is 28.4. The number of hydrogen-bond acceptors (Lipinski definition) is 4. The van der Waals surface area contributed by atoms with Crippen LogP contribution in [0.5, 0.6) is 11.5 Å². The average Bonchev–Trinajstić information content (AvgIpc) is 3.76. The molecule has 5 rings (SSSR count). The molecule has 0 aromatic heterocycles. The number of methoxy groups -OCH3 is 1. The van der Waals surface area contributed by atoms with Crippen LogP contribution in [0, 0.1) is 17.2 Å². The molecule has 40 heavy (non-hydrogen) atoms. The van der Waals surface area contributed by atoms with Crippen molar-refractivity contribution in [3.05, 3.63) is 83.2 Å². The maximum atomic E-state index is 15.2. The van der Waals surface area contributed by atoms with Gasteiger partial charge in [-0.05, 0) is 109 Å². The van der Waals surface area contributed by atoms with Crippen molar-refractivity contribution in [2.24, 2.45) is 11.3 Å². The van der Waals surface area contributed by atoms with Crippen molar-refractivity contribution in [2.75, 3.05) is 20.7 Å². The molecule has 0 bridgehead atoms. The van der Waals surface area contributed by atoms with Gasteiger partial charge in [0.05, 0.1) is 13.5 Å². The highest BCUT2D eigenvalue weighted by Gasteiger charge is 2.38. The third kappa shape index (κ3) is 6.17. The Balaban J connectivity index is 1.47. The number of ether oxygens (including phenoxy) is 2. The summed E-state index contributed by atoms with van der Waals surface area (Å²) in [5.74, 6) is 0.777. The van der Waals surface area contributed by atoms with Crippen LogP contribution in [0.3, 0.4) is 0 Å². The first kappa shape index (κ1) is 28.2. The molecule has 6 heteroatoms. The van der Waals surface area contributed by atoms with Gasteiger partial charge in [0.2, 0.25) is 0 Å². The van der Waals surface area contributed by atoms with E-state index in [2.05, 4.69) is 31.9 Å². The molecule has 1 aliphatic heterocycles. The van der Waals surface area contributed by atoms with E-state index in [0.717, 1.165) is 60.2 Å². The third-order valence-electron chi connectivity index (χ3n) is 8.66. The highest BCUT2D eigenvalue weighted by molar-refractivity contribution is 5.71. The molecule has 3 aromatic carbocycles. The van der Waals surface area contributed by atoms with E-state index in [1.807, 2.05) is 36.4 Å². The predicted molar refractivity (Wildman–Crippen MR) is 155 cm³/mol. The van der Waals surface area contributed by atoms with Crippen LogP contribution in [0.15, 0.2) is 60.7 Å². The van der Waals surface area contributed by atoms with Gasteiger partial charge in [-0.15, -0.1) is 0 Å². The van der Waals surface area contributed by atoms with E-state index >= 15 is 4.39 Å². The van der Waals surface area contributed by atoms with Crippen molar-refractivity contribution in [2.45, 2.75) is 64.5 Å². The van der Waals surface area contributed by atoms with Crippen LogP contribution >= 0.6 is 0 Å². The Kier molecular flexibility index (Phi) is 8.18. The van der Waals surface area contributed by atoms with E-state index in [9.17, 15) is 9.90 Å². The van der Waals surface area contributed by atoms with Crippen LogP contribution in [0.25, 0.3) is 11.1 Å². The number of nitrogens with zero attached hydrogens (tertiary/aromatic N) is 1. The van der Waals surface area contributed by atoms with E-state index in [1.165, 1.54) is 6.07 Å². The molecule has 1 saturated heterocycles. The quantitative estimate of drug-likeness (QED) is 0.281. The summed E-state index contributed by atoms with van der Waals surface area (Å²) in [6, 6.07) is 19.1. The van der Waals surface area contributed by atoms with Crippen molar-refractivity contribution in [1.82, 2.24) is 4.90 Å². The summed E-state index contributed by atoms with van der Waals surface area (Å²) in [6.45, 7) is 5.93. The topological polar surface area (TPSA) is 59.0 Å². The average molecular weight is 546 g/mol. The van der Waals surface area contributed by atoms with Crippen molar-refractivity contribution in [3.8, 4) is 22.6 Å². The van der Waals surface area contributed by atoms with Gasteiger partial charge in [-0.2, -0.15) is 0 Å². The highest BCUT2D eigenvalue weighted by Crippen LogP contribution is 2.48. The number of piperidine rings is 1. The molecular weight excluding hydrogens is 505 g/mol. The summed E-state index contributed by atoms with van der Waals surface area (Å²) in [5, 5.41) is 9.42. The maximum absolute atomic E-state index is 15.2. The van der Waals surface area contributed by atoms with Crippen LogP contribution in [-0.2, 0) is 11.4 Å². The fraction of sp³-hybridized carbons (Fsp3) is 0.441. The lowest BCUT2D eigenvalue weighted by Crippen LogP contribution is -2.41. The summed E-state index contributed by atoms with van der Waals surface area (Å²) in [7, 11) is 3.75. The predicted octanol–water partition coefficient (Wildman–Crippen LogP) is 7.84. The summed E-state index contributed by atoms with van der Waals surface area (Å²) in [5.41, 5.74) is 4.53.